The van der Waals surface area contributed by atoms with Crippen LogP contribution < -0.4 is 22.9 Å². The molecule has 0 amide bonds. The van der Waals surface area contributed by atoms with Crippen LogP contribution in [0.25, 0.3) is 106 Å². The maximum atomic E-state index is 13.6. The molecule has 0 radical (unpaired) electrons. The number of halogens is 3. The van der Waals surface area contributed by atoms with Crippen LogP contribution in [0.3, 0.4) is 0 Å². The number of ketones is 2. The van der Waals surface area contributed by atoms with Crippen molar-refractivity contribution in [1.29, 1.82) is 0 Å². The summed E-state index contributed by atoms with van der Waals surface area (Å²) in [5, 5.41) is 55.0. The van der Waals surface area contributed by atoms with E-state index in [2.05, 4.69) is 109 Å². The predicted molar refractivity (Wildman–Crippen MR) is 515 cm³/mol. The Labute approximate surface area is 785 Å². The highest BCUT2D eigenvalue weighted by Gasteiger charge is 2.37. The first-order valence-corrected chi connectivity index (χ1v) is 46.3. The summed E-state index contributed by atoms with van der Waals surface area (Å²) in [6.45, 7) is 6.76. The molecule has 134 heavy (non-hydrogen) atoms. The Balaban J connectivity index is 0.000000124. The lowest BCUT2D eigenvalue weighted by atomic mass is 9.79. The van der Waals surface area contributed by atoms with Gasteiger partial charge in [-0.2, -0.15) is 38.5 Å². The zero-order valence-corrected chi connectivity index (χ0v) is 77.0. The van der Waals surface area contributed by atoms with Crippen molar-refractivity contribution in [3.63, 3.8) is 0 Å². The minimum atomic E-state index is -0.766. The molecule has 4 saturated carbocycles. The molecule has 12 N–H and O–H groups in total. The average Bonchev–Trinajstić information content (AvgIpc) is 1.57. The number of nitrogen functional groups attached to an aromatic ring is 4. The van der Waals surface area contributed by atoms with Gasteiger partial charge in [0.05, 0.1) is 114 Å². The van der Waals surface area contributed by atoms with Gasteiger partial charge >= 0.3 is 23.9 Å². The van der Waals surface area contributed by atoms with E-state index in [0.717, 1.165) is 138 Å². The molecule has 12 aromatic heterocycles. The minimum Gasteiger partial charge on any atom is -0.481 e. The monoisotopic (exact) mass is 1930 g/mol. The second kappa shape index (κ2) is 39.1. The number of carboxylic acid groups (broad SMARTS) is 4. The van der Waals surface area contributed by atoms with E-state index in [-0.39, 0.29) is 76.4 Å². The van der Waals surface area contributed by atoms with E-state index in [9.17, 15) is 53.6 Å². The predicted octanol–water partition coefficient (Wildman–Crippen LogP) is 20.0. The second-order valence-electron chi connectivity index (χ2n) is 34.9. The summed E-state index contributed by atoms with van der Waals surface area (Å²) in [5.41, 5.74) is 47.8. The van der Waals surface area contributed by atoms with E-state index in [4.69, 9.17) is 42.9 Å². The van der Waals surface area contributed by atoms with Gasteiger partial charge in [-0.05, 0) is 228 Å². The number of fused-ring (bicyclic) bond motifs is 4. The van der Waals surface area contributed by atoms with Gasteiger partial charge in [-0.1, -0.05) is 97.1 Å². The van der Waals surface area contributed by atoms with Gasteiger partial charge in [0, 0.05) is 110 Å². The van der Waals surface area contributed by atoms with Gasteiger partial charge in [0.1, 0.15) is 29.1 Å². The maximum Gasteiger partial charge on any atom is 0.306 e. The Morgan fingerprint density at radius 1 is 0.358 bits per heavy atom. The van der Waals surface area contributed by atoms with E-state index in [1.807, 2.05) is 97.2 Å². The number of carbonyl (C=O) groups is 6. The Hall–Kier alpha value is -14.5. The molecule has 12 heterocycles. The largest absolute Gasteiger partial charge is 0.481 e. The fraction of sp³-hybridized carbons (Fsp3) is 0.287. The van der Waals surface area contributed by atoms with Crippen LogP contribution in [0.5, 0.6) is 0 Å². The second-order valence-corrected chi connectivity index (χ2v) is 36.5. The van der Waals surface area contributed by atoms with Gasteiger partial charge in [-0.25, -0.2) is 24.3 Å². The van der Waals surface area contributed by atoms with Crippen LogP contribution in [-0.2, 0) is 19.2 Å². The van der Waals surface area contributed by atoms with Crippen molar-refractivity contribution in [2.45, 2.75) is 161 Å². The van der Waals surface area contributed by atoms with Crippen molar-refractivity contribution < 1.29 is 53.6 Å². The number of aromatic nitrogens is 16. The third kappa shape index (κ3) is 18.7. The summed E-state index contributed by atoms with van der Waals surface area (Å²) in [4.78, 5) is 109. The number of carbonyl (C=O) groups excluding carboxylic acids is 2. The third-order valence-corrected chi connectivity index (χ3v) is 28.2. The van der Waals surface area contributed by atoms with Crippen molar-refractivity contribution in [2.75, 3.05) is 22.9 Å². The number of hydrogen-bond donors (Lipinski definition) is 8. The molecular formula is C101H97Br2FN20O10. The van der Waals surface area contributed by atoms with E-state index in [0.29, 0.717) is 144 Å². The Bertz CT molecular complexity index is 7110. The molecule has 33 heteroatoms. The Morgan fingerprint density at radius 3 is 1.02 bits per heavy atom. The van der Waals surface area contributed by atoms with Gasteiger partial charge in [0.25, 0.3) is 0 Å². The number of pyridine rings is 4. The molecule has 20 rings (SSSR count). The van der Waals surface area contributed by atoms with Crippen molar-refractivity contribution in [3.05, 3.63) is 255 Å². The van der Waals surface area contributed by atoms with Crippen LogP contribution in [-0.4, -0.2) is 134 Å². The van der Waals surface area contributed by atoms with Crippen LogP contribution in [0.2, 0.25) is 0 Å². The van der Waals surface area contributed by atoms with Crippen LogP contribution in [0.15, 0.2) is 198 Å². The maximum absolute atomic E-state index is 13.6. The van der Waals surface area contributed by atoms with Crippen LogP contribution >= 0.6 is 31.9 Å². The van der Waals surface area contributed by atoms with Crippen LogP contribution in [0.4, 0.5) is 27.7 Å². The highest BCUT2D eigenvalue weighted by Crippen LogP contribution is 2.47. The fourth-order valence-electron chi connectivity index (χ4n) is 19.0. The highest BCUT2D eigenvalue weighted by molar-refractivity contribution is 9.11. The highest BCUT2D eigenvalue weighted by atomic mass is 79.9. The molecule has 682 valence electrons. The zero-order valence-electron chi connectivity index (χ0n) is 73.9. The van der Waals surface area contributed by atoms with Crippen molar-refractivity contribution in [3.8, 4) is 78.3 Å². The molecule has 4 fully saturated rings. The van der Waals surface area contributed by atoms with E-state index in [1.54, 1.807) is 71.5 Å². The number of aryl methyl sites for hydroxylation is 2. The van der Waals surface area contributed by atoms with Gasteiger partial charge in [-0.3, -0.25) is 48.7 Å². The number of allylic oxidation sites excluding steroid dienone is 4. The number of rotatable bonds is 18. The summed E-state index contributed by atoms with van der Waals surface area (Å²) in [7, 11) is 0. The molecule has 0 saturated heterocycles. The van der Waals surface area contributed by atoms with E-state index in [1.165, 1.54) is 34.5 Å². The van der Waals surface area contributed by atoms with E-state index >= 15 is 0 Å². The summed E-state index contributed by atoms with van der Waals surface area (Å²) in [5.74, 6) is -3.11. The third-order valence-electron chi connectivity index (χ3n) is 26.6. The number of carboxylic acids is 4. The molecule has 0 bridgehead atoms. The van der Waals surface area contributed by atoms with Crippen LogP contribution in [0, 0.1) is 43.3 Å². The lowest BCUT2D eigenvalue weighted by molar-refractivity contribution is -0.143. The zero-order chi connectivity index (χ0) is 94.0. The summed E-state index contributed by atoms with van der Waals surface area (Å²) in [6, 6.07) is 38.8. The lowest BCUT2D eigenvalue weighted by Gasteiger charge is -2.27. The SMILES string of the molecule is CC(=O)c1c(C2CCC(C(=O)O)CC2)nc2c(-c3ccc(-c4ccccc4)nc3)cnn2c1N.CC(=O)c1c(C2CCC(C(=O)O)CC2)nc2c(-c3ccc(C4=CCC=C4)nc3)cnn2c1N.Cc1cc(-c2ccc(-c3cnn4c(N)c(Br)c(C5CCC(C(=O)O)CC5)nc34)cn2)ccc1F.Cc1ccccc1-c1ccc(-c2cnn3c(N)c(Br)c(C4CCC(C(=O)O)CC4)nc23)cn1. The minimum absolute atomic E-state index is 0.0175. The Kier molecular flexibility index (Phi) is 26.7. The first-order chi connectivity index (χ1) is 64.6. The molecular weight excluding hydrogens is 1830 g/mol. The van der Waals surface area contributed by atoms with Gasteiger partial charge in [-0.15, -0.1) is 0 Å². The van der Waals surface area contributed by atoms with Gasteiger partial charge in [0.2, 0.25) is 0 Å². The molecule has 0 aliphatic heterocycles. The number of nitrogens with two attached hydrogens (primary N) is 4. The normalized spacial score (nSPS) is 18.8. The van der Waals surface area contributed by atoms with E-state index < -0.39 is 23.9 Å². The number of benzene rings is 3. The first-order valence-electron chi connectivity index (χ1n) is 44.7. The number of hydrogen-bond acceptors (Lipinski definition) is 22. The van der Waals surface area contributed by atoms with Crippen LogP contribution in [0.1, 0.15) is 207 Å². The topological polar surface area (TPSA) is 460 Å². The lowest BCUT2D eigenvalue weighted by Crippen LogP contribution is -2.23. The summed E-state index contributed by atoms with van der Waals surface area (Å²) < 4.78 is 21.3. The summed E-state index contributed by atoms with van der Waals surface area (Å²) in [6.07, 6.45) is 31.7. The first kappa shape index (κ1) is 91.4. The molecule has 0 atom stereocenters. The average molecular weight is 1930 g/mol. The standard InChI is InChI=1S/C26H25N5O3.C25H23BrFN5O2.C25H24BrN5O2.C25H25N5O3/c1-15(32)22-23(17-7-9-18(10-8-17)26(33)34)30-25-20(14-29-31(25)24(22)27)19-11-12-21(28-13-19)16-5-3-2-4-6-16;1-13-10-16(6-8-19(13)27)20-9-7-17(11-29-20)18-12-30-32-23(28)21(26)22(31-24(18)32)14-2-4-15(5-3-14)25(33)34;1-14-4-2-3-5-18(14)20-11-10-17(12-28-20)19-13-29-31-23(27)21(26)22(30-24(19)31)15-6-8-16(9-7-15)25(32)33;1-14(31)21-22(16-6-8-17(9-7-16)25(32)33)29-24-19(13-28-30(24)23(21)26)18-10-11-20(27-12-18)15-4-2-3-5-15/h2-6,11-14,17-18H,7-10,27H2,1H3,(H,33,34);6-12,14-15H,2-5,28H2,1H3,(H,33,34);2-5,10-13,15-16H,6-9,27H2,1H3,(H,32,33);2,4-5,10-13,16-17H,3,6-9,26H2,1H3,(H,32,33). The number of aliphatic carboxylic acids is 4. The molecule has 5 aliphatic carbocycles. The smallest absolute Gasteiger partial charge is 0.306 e. The molecule has 5 aliphatic rings. The molecule has 0 unspecified atom stereocenters. The number of nitrogens with zero attached hydrogens (tertiary/aromatic N) is 16. The van der Waals surface area contributed by atoms with Gasteiger partial charge < -0.3 is 43.4 Å². The molecule has 15 aromatic rings. The summed E-state index contributed by atoms with van der Waals surface area (Å²) >= 11 is 7.20. The fourth-order valence-corrected chi connectivity index (χ4v) is 20.2. The van der Waals surface area contributed by atoms with Crippen molar-refractivity contribution in [2.24, 2.45) is 23.7 Å². The van der Waals surface area contributed by atoms with Gasteiger partial charge in [0.15, 0.2) is 34.2 Å². The Morgan fingerprint density at radius 2 is 0.687 bits per heavy atom. The molecule has 3 aromatic carbocycles. The molecule has 30 nitrogen and oxygen atoms in total. The number of Topliss-reactive ketones (excluding diaryl/α,β-unsaturated/α-hetero) is 2. The van der Waals surface area contributed by atoms with Crippen molar-refractivity contribution >= 4 is 119 Å². The number of anilines is 4. The molecule has 0 spiro atoms. The van der Waals surface area contributed by atoms with Crippen molar-refractivity contribution in [1.82, 2.24) is 78.3 Å². The quantitative estimate of drug-likeness (QED) is 0.0370.